The molecule has 0 spiro atoms. The lowest BCUT2D eigenvalue weighted by atomic mass is 10.3. The molecule has 0 saturated heterocycles. The third-order valence-corrected chi connectivity index (χ3v) is 2.46. The van der Waals surface area contributed by atoms with Gasteiger partial charge in [-0.05, 0) is 40.8 Å². The van der Waals surface area contributed by atoms with Crippen LogP contribution in [0.4, 0.5) is 0 Å². The maximum atomic E-state index is 5.32. The zero-order valence-electron chi connectivity index (χ0n) is 5.34. The molecule has 4 heteroatoms. The number of aromatic nitrogens is 1. The van der Waals surface area contributed by atoms with Gasteiger partial charge in [0.05, 0.1) is 0 Å². The first-order chi connectivity index (χ1) is 5.25. The highest BCUT2D eigenvalue weighted by Gasteiger charge is 2.01. The largest absolute Gasteiger partial charge is 0.432 e. The molecule has 0 aliphatic heterocycles. The molecule has 0 unspecified atom stereocenters. The fourth-order valence-corrected chi connectivity index (χ4v) is 1.83. The van der Waals surface area contributed by atoms with Crippen LogP contribution in [0.15, 0.2) is 22.6 Å². The first-order valence-electron chi connectivity index (χ1n) is 2.97. The summed E-state index contributed by atoms with van der Waals surface area (Å²) < 4.78 is 7.18. The second-order valence-electron chi connectivity index (χ2n) is 2.08. The van der Waals surface area contributed by atoms with Gasteiger partial charge in [0.15, 0.2) is 5.58 Å². The highest BCUT2D eigenvalue weighted by atomic mass is 127. The van der Waals surface area contributed by atoms with Gasteiger partial charge in [0.25, 0.3) is 3.90 Å². The van der Waals surface area contributed by atoms with Crippen molar-refractivity contribution in [3.63, 3.8) is 0 Å². The van der Waals surface area contributed by atoms with E-state index in [4.69, 9.17) is 4.42 Å². The molecule has 11 heavy (non-hydrogen) atoms. The van der Waals surface area contributed by atoms with Crippen LogP contribution in [0.1, 0.15) is 0 Å². The third kappa shape index (κ3) is 1.51. The lowest BCUT2D eigenvalue weighted by Gasteiger charge is -1.86. The molecule has 0 amide bonds. The van der Waals surface area contributed by atoms with E-state index in [1.54, 1.807) is 0 Å². The highest BCUT2D eigenvalue weighted by molar-refractivity contribution is 14.1. The molecule has 0 aliphatic carbocycles. The minimum Gasteiger partial charge on any atom is -0.432 e. The van der Waals surface area contributed by atoms with Crippen LogP contribution in [-0.4, -0.2) is 4.98 Å². The molecule has 0 fully saturated rings. The summed E-state index contributed by atoms with van der Waals surface area (Å²) in [5, 5.41) is 0. The zero-order valence-corrected chi connectivity index (χ0v) is 9.66. The highest BCUT2D eigenvalue weighted by Crippen LogP contribution is 2.18. The number of benzene rings is 1. The molecule has 2 aromatic rings. The predicted molar refractivity (Wildman–Crippen MR) is 59.4 cm³/mol. The number of hydrogen-bond acceptors (Lipinski definition) is 2. The summed E-state index contributed by atoms with van der Waals surface area (Å²) in [4.78, 5) is 4.17. The van der Waals surface area contributed by atoms with E-state index < -0.39 is 0 Å². The maximum absolute atomic E-state index is 5.32. The molecule has 1 aromatic carbocycles. The van der Waals surface area contributed by atoms with Crippen molar-refractivity contribution in [1.82, 2.24) is 4.98 Å². The predicted octanol–water partition coefficient (Wildman–Crippen LogP) is 3.04. The van der Waals surface area contributed by atoms with Crippen LogP contribution in [0.5, 0.6) is 0 Å². The Hall–Kier alpha value is 0.150. The number of oxazole rings is 1. The summed E-state index contributed by atoms with van der Waals surface area (Å²) >= 11 is 4.31. The Kier molecular flexibility index (Phi) is 2.04. The maximum Gasteiger partial charge on any atom is 0.258 e. The van der Waals surface area contributed by atoms with E-state index >= 15 is 0 Å². The molecule has 0 aliphatic rings. The first kappa shape index (κ1) is 7.78. The standard InChI is InChI=1S/C7H3I2NO/c8-4-1-2-5-6(3-4)11-7(9)10-5/h1-3H. The summed E-state index contributed by atoms with van der Waals surface area (Å²) in [5.74, 6) is 0. The van der Waals surface area contributed by atoms with E-state index in [9.17, 15) is 0 Å². The van der Waals surface area contributed by atoms with Crippen molar-refractivity contribution < 1.29 is 4.42 Å². The van der Waals surface area contributed by atoms with Crippen LogP contribution in [0.3, 0.4) is 0 Å². The molecule has 2 nitrogen and oxygen atoms in total. The van der Waals surface area contributed by atoms with E-state index in [0.29, 0.717) is 3.90 Å². The fraction of sp³-hybridized carbons (Fsp3) is 0. The number of hydrogen-bond donors (Lipinski definition) is 0. The average Bonchev–Trinajstić information content (AvgIpc) is 2.27. The number of nitrogens with zero attached hydrogens (tertiary/aromatic N) is 1. The summed E-state index contributed by atoms with van der Waals surface area (Å²) in [7, 11) is 0. The average molecular weight is 371 g/mol. The Labute approximate surface area is 90.7 Å². The van der Waals surface area contributed by atoms with Gasteiger partial charge in [0.2, 0.25) is 0 Å². The number of rotatable bonds is 0. The van der Waals surface area contributed by atoms with Gasteiger partial charge in [0.1, 0.15) is 5.52 Å². The van der Waals surface area contributed by atoms with Crippen molar-refractivity contribution >= 4 is 56.3 Å². The van der Waals surface area contributed by atoms with E-state index in [0.717, 1.165) is 11.1 Å². The second-order valence-corrected chi connectivity index (χ2v) is 4.25. The van der Waals surface area contributed by atoms with E-state index in [1.807, 2.05) is 18.2 Å². The summed E-state index contributed by atoms with van der Waals surface area (Å²) in [6.07, 6.45) is 0. The van der Waals surface area contributed by atoms with Crippen molar-refractivity contribution in [3.05, 3.63) is 25.7 Å². The lowest BCUT2D eigenvalue weighted by Crippen LogP contribution is -1.69. The summed E-state index contributed by atoms with van der Waals surface area (Å²) in [5.41, 5.74) is 1.79. The summed E-state index contributed by atoms with van der Waals surface area (Å²) in [6.45, 7) is 0. The van der Waals surface area contributed by atoms with Gasteiger partial charge in [-0.3, -0.25) is 0 Å². The van der Waals surface area contributed by atoms with Gasteiger partial charge in [-0.1, -0.05) is 0 Å². The van der Waals surface area contributed by atoms with Crippen LogP contribution in [-0.2, 0) is 0 Å². The fourth-order valence-electron chi connectivity index (χ4n) is 0.870. The van der Waals surface area contributed by atoms with Crippen molar-refractivity contribution in [3.8, 4) is 0 Å². The van der Waals surface area contributed by atoms with Gasteiger partial charge in [-0.25, -0.2) is 4.98 Å². The minimum absolute atomic E-state index is 0.694. The van der Waals surface area contributed by atoms with E-state index in [1.165, 1.54) is 3.57 Å². The van der Waals surface area contributed by atoms with Gasteiger partial charge >= 0.3 is 0 Å². The molecule has 1 heterocycles. The first-order valence-corrected chi connectivity index (χ1v) is 5.13. The quantitative estimate of drug-likeness (QED) is 0.666. The van der Waals surface area contributed by atoms with Crippen LogP contribution < -0.4 is 0 Å². The van der Waals surface area contributed by atoms with Crippen LogP contribution in [0.2, 0.25) is 0 Å². The Morgan fingerprint density at radius 1 is 1.27 bits per heavy atom. The van der Waals surface area contributed by atoms with E-state index in [2.05, 4.69) is 50.2 Å². The normalized spacial score (nSPS) is 10.7. The number of fused-ring (bicyclic) bond motifs is 1. The van der Waals surface area contributed by atoms with Crippen LogP contribution >= 0.6 is 45.2 Å². The lowest BCUT2D eigenvalue weighted by molar-refractivity contribution is 0.566. The SMILES string of the molecule is Ic1ccc2nc(I)oc2c1. The molecule has 0 atom stereocenters. The molecule has 1 aromatic heterocycles. The Bertz CT molecular complexity index is 396. The molecule has 0 saturated carbocycles. The smallest absolute Gasteiger partial charge is 0.258 e. The van der Waals surface area contributed by atoms with Gasteiger partial charge in [-0.15, -0.1) is 0 Å². The van der Waals surface area contributed by atoms with Gasteiger partial charge in [-0.2, -0.15) is 0 Å². The zero-order chi connectivity index (χ0) is 7.84. The van der Waals surface area contributed by atoms with Crippen molar-refractivity contribution in [1.29, 1.82) is 0 Å². The summed E-state index contributed by atoms with van der Waals surface area (Å²) in [6, 6.07) is 5.95. The Balaban J connectivity index is 2.82. The third-order valence-electron chi connectivity index (χ3n) is 1.32. The molecule has 2 rings (SSSR count). The van der Waals surface area contributed by atoms with Crippen molar-refractivity contribution in [2.24, 2.45) is 0 Å². The van der Waals surface area contributed by atoms with E-state index in [-0.39, 0.29) is 0 Å². The van der Waals surface area contributed by atoms with Crippen LogP contribution in [0, 0.1) is 7.47 Å². The Morgan fingerprint density at radius 2 is 2.09 bits per heavy atom. The van der Waals surface area contributed by atoms with Crippen molar-refractivity contribution in [2.75, 3.05) is 0 Å². The molecule has 0 N–H and O–H groups in total. The monoisotopic (exact) mass is 371 g/mol. The molecule has 0 bridgehead atoms. The topological polar surface area (TPSA) is 26.0 Å². The van der Waals surface area contributed by atoms with Gasteiger partial charge < -0.3 is 4.42 Å². The molecule has 56 valence electrons. The molecular formula is C7H3I2NO. The number of halogens is 2. The second kappa shape index (κ2) is 2.89. The molecular weight excluding hydrogens is 368 g/mol. The van der Waals surface area contributed by atoms with Crippen molar-refractivity contribution in [2.45, 2.75) is 0 Å². The minimum atomic E-state index is 0.694. The molecule has 0 radical (unpaired) electrons. The van der Waals surface area contributed by atoms with Crippen LogP contribution in [0.25, 0.3) is 11.1 Å². The van der Waals surface area contributed by atoms with Gasteiger partial charge in [0, 0.05) is 26.2 Å². The Morgan fingerprint density at radius 3 is 2.91 bits per heavy atom.